The summed E-state index contributed by atoms with van der Waals surface area (Å²) in [7, 11) is 0. The average molecular weight is 155 g/mol. The summed E-state index contributed by atoms with van der Waals surface area (Å²) in [5.74, 6) is 0. The van der Waals surface area contributed by atoms with Crippen LogP contribution >= 0.6 is 0 Å². The van der Waals surface area contributed by atoms with Crippen LogP contribution in [0.2, 0.25) is 0 Å². The molecule has 0 amide bonds. The Hall–Kier alpha value is -0.340. The smallest absolute Gasteiger partial charge is 0.0564 e. The van der Waals surface area contributed by atoms with E-state index in [1.54, 1.807) is 0 Å². The Labute approximate surface area is 68.5 Å². The first-order valence-electron chi connectivity index (χ1n) is 4.34. The van der Waals surface area contributed by atoms with Gasteiger partial charge in [0.05, 0.1) is 6.10 Å². The van der Waals surface area contributed by atoms with Gasteiger partial charge in [0.15, 0.2) is 0 Å². The molecule has 0 unspecified atom stereocenters. The second-order valence-corrected chi connectivity index (χ2v) is 3.10. The third-order valence-electron chi connectivity index (χ3n) is 2.16. The predicted molar refractivity (Wildman–Crippen MR) is 46.5 cm³/mol. The van der Waals surface area contributed by atoms with E-state index in [1.807, 2.05) is 6.92 Å². The Morgan fingerprint density at radius 1 is 1.45 bits per heavy atom. The first kappa shape index (κ1) is 8.75. The summed E-state index contributed by atoms with van der Waals surface area (Å²) in [6.07, 6.45) is 6.08. The molecule has 1 fully saturated rings. The highest BCUT2D eigenvalue weighted by Crippen LogP contribution is 2.08. The van der Waals surface area contributed by atoms with Gasteiger partial charge >= 0.3 is 0 Å². The first-order valence-corrected chi connectivity index (χ1v) is 4.34. The highest BCUT2D eigenvalue weighted by Gasteiger charge is 2.14. The number of allylic oxidation sites excluding steroid dienone is 1. The molecule has 1 N–H and O–H groups in total. The number of hydrogen-bond acceptors (Lipinski definition) is 2. The quantitative estimate of drug-likeness (QED) is 0.602. The molecule has 1 aliphatic heterocycles. The number of nitrogens with zero attached hydrogens (tertiary/aromatic N) is 1. The van der Waals surface area contributed by atoms with Crippen LogP contribution in [-0.2, 0) is 0 Å². The summed E-state index contributed by atoms with van der Waals surface area (Å²) in [5, 5.41) is 9.21. The van der Waals surface area contributed by atoms with Gasteiger partial charge in [0.25, 0.3) is 0 Å². The lowest BCUT2D eigenvalue weighted by Gasteiger charge is -2.28. The van der Waals surface area contributed by atoms with Crippen LogP contribution in [0.5, 0.6) is 0 Å². The van der Waals surface area contributed by atoms with Crippen LogP contribution < -0.4 is 0 Å². The highest BCUT2D eigenvalue weighted by molar-refractivity contribution is 4.83. The van der Waals surface area contributed by atoms with Crippen molar-refractivity contribution in [2.75, 3.05) is 19.6 Å². The molecule has 0 radical (unpaired) electrons. The topological polar surface area (TPSA) is 23.5 Å². The third kappa shape index (κ3) is 3.04. The van der Waals surface area contributed by atoms with Crippen LogP contribution in [0, 0.1) is 0 Å². The molecule has 1 saturated heterocycles. The summed E-state index contributed by atoms with van der Waals surface area (Å²) in [6.45, 7) is 5.18. The Balaban J connectivity index is 2.17. The van der Waals surface area contributed by atoms with Crippen molar-refractivity contribution < 1.29 is 5.11 Å². The van der Waals surface area contributed by atoms with Gasteiger partial charge in [-0.05, 0) is 19.8 Å². The lowest BCUT2D eigenvalue weighted by Crippen LogP contribution is -2.35. The number of piperidine rings is 1. The lowest BCUT2D eigenvalue weighted by atomic mass is 10.1. The third-order valence-corrected chi connectivity index (χ3v) is 2.16. The Morgan fingerprint density at radius 2 is 2.09 bits per heavy atom. The molecule has 1 rings (SSSR count). The Morgan fingerprint density at radius 3 is 2.64 bits per heavy atom. The van der Waals surface area contributed by atoms with E-state index < -0.39 is 0 Å². The number of aliphatic hydroxyl groups is 1. The van der Waals surface area contributed by atoms with Gasteiger partial charge in [-0.3, -0.25) is 4.90 Å². The minimum atomic E-state index is -0.0446. The van der Waals surface area contributed by atoms with Crippen LogP contribution in [-0.4, -0.2) is 35.7 Å². The van der Waals surface area contributed by atoms with Gasteiger partial charge in [-0.1, -0.05) is 12.2 Å². The van der Waals surface area contributed by atoms with Crippen LogP contribution in [0.1, 0.15) is 19.8 Å². The number of likely N-dealkylation sites (tertiary alicyclic amines) is 1. The molecule has 0 aliphatic carbocycles. The summed E-state index contributed by atoms with van der Waals surface area (Å²) < 4.78 is 0. The van der Waals surface area contributed by atoms with Gasteiger partial charge in [0.1, 0.15) is 0 Å². The van der Waals surface area contributed by atoms with Crippen molar-refractivity contribution in [3.63, 3.8) is 0 Å². The van der Waals surface area contributed by atoms with Crippen molar-refractivity contribution in [1.82, 2.24) is 4.90 Å². The van der Waals surface area contributed by atoms with E-state index in [-0.39, 0.29) is 6.10 Å². The van der Waals surface area contributed by atoms with Crippen LogP contribution in [0.15, 0.2) is 12.2 Å². The largest absolute Gasteiger partial charge is 0.393 e. The summed E-state index contributed by atoms with van der Waals surface area (Å²) >= 11 is 0. The normalized spacial score (nSPS) is 23.1. The first-order chi connectivity index (χ1) is 5.33. The van der Waals surface area contributed by atoms with E-state index >= 15 is 0 Å². The molecular weight excluding hydrogens is 138 g/mol. The second-order valence-electron chi connectivity index (χ2n) is 3.10. The Bertz CT molecular complexity index is 126. The number of rotatable bonds is 2. The molecule has 64 valence electrons. The molecule has 2 heteroatoms. The molecule has 2 nitrogen and oxygen atoms in total. The minimum Gasteiger partial charge on any atom is -0.393 e. The van der Waals surface area contributed by atoms with E-state index in [1.165, 1.54) is 0 Å². The molecule has 0 spiro atoms. The van der Waals surface area contributed by atoms with Crippen LogP contribution in [0.4, 0.5) is 0 Å². The zero-order valence-corrected chi connectivity index (χ0v) is 7.16. The van der Waals surface area contributed by atoms with Crippen molar-refractivity contribution in [3.8, 4) is 0 Å². The standard InChI is InChI=1S/C9H17NO/c1-2-3-6-10-7-4-9(11)5-8-10/h2-3,9,11H,4-8H2,1H3/b3-2+. The summed E-state index contributed by atoms with van der Waals surface area (Å²) in [4.78, 5) is 2.37. The number of hydrogen-bond donors (Lipinski definition) is 1. The SMILES string of the molecule is C/C=C/CN1CCC(O)CC1. The number of aliphatic hydroxyl groups excluding tert-OH is 1. The maximum atomic E-state index is 9.21. The molecule has 0 aromatic carbocycles. The van der Waals surface area contributed by atoms with Gasteiger partial charge in [-0.15, -0.1) is 0 Å². The molecule has 0 bridgehead atoms. The zero-order chi connectivity index (χ0) is 8.10. The maximum absolute atomic E-state index is 9.21. The Kier molecular flexibility index (Phi) is 3.60. The minimum absolute atomic E-state index is 0.0446. The van der Waals surface area contributed by atoms with Crippen LogP contribution in [0.3, 0.4) is 0 Å². The molecule has 0 saturated carbocycles. The maximum Gasteiger partial charge on any atom is 0.0564 e. The van der Waals surface area contributed by atoms with E-state index in [4.69, 9.17) is 0 Å². The summed E-state index contributed by atoms with van der Waals surface area (Å²) in [5.41, 5.74) is 0. The fourth-order valence-corrected chi connectivity index (χ4v) is 1.36. The second kappa shape index (κ2) is 4.52. The summed E-state index contributed by atoms with van der Waals surface area (Å²) in [6, 6.07) is 0. The zero-order valence-electron chi connectivity index (χ0n) is 7.16. The van der Waals surface area contributed by atoms with Crippen molar-refractivity contribution >= 4 is 0 Å². The van der Waals surface area contributed by atoms with E-state index in [2.05, 4.69) is 17.1 Å². The fourth-order valence-electron chi connectivity index (χ4n) is 1.36. The average Bonchev–Trinajstić information content (AvgIpc) is 2.04. The molecule has 0 aromatic rings. The van der Waals surface area contributed by atoms with Gasteiger partial charge < -0.3 is 5.11 Å². The monoisotopic (exact) mass is 155 g/mol. The molecule has 1 aliphatic rings. The predicted octanol–water partition coefficient (Wildman–Crippen LogP) is 1.02. The fraction of sp³-hybridized carbons (Fsp3) is 0.778. The van der Waals surface area contributed by atoms with E-state index in [0.717, 1.165) is 32.5 Å². The van der Waals surface area contributed by atoms with Crippen molar-refractivity contribution in [3.05, 3.63) is 12.2 Å². The highest BCUT2D eigenvalue weighted by atomic mass is 16.3. The molecule has 0 aromatic heterocycles. The van der Waals surface area contributed by atoms with Gasteiger partial charge in [-0.2, -0.15) is 0 Å². The molecule has 11 heavy (non-hydrogen) atoms. The van der Waals surface area contributed by atoms with E-state index in [0.29, 0.717) is 0 Å². The lowest BCUT2D eigenvalue weighted by molar-refractivity contribution is 0.0880. The molecular formula is C9H17NO. The van der Waals surface area contributed by atoms with Crippen molar-refractivity contribution in [2.24, 2.45) is 0 Å². The molecule has 1 heterocycles. The van der Waals surface area contributed by atoms with Crippen molar-refractivity contribution in [2.45, 2.75) is 25.9 Å². The van der Waals surface area contributed by atoms with Crippen molar-refractivity contribution in [1.29, 1.82) is 0 Å². The molecule has 0 atom stereocenters. The van der Waals surface area contributed by atoms with Crippen LogP contribution in [0.25, 0.3) is 0 Å². The van der Waals surface area contributed by atoms with Gasteiger partial charge in [-0.25, -0.2) is 0 Å². The van der Waals surface area contributed by atoms with Gasteiger partial charge in [0, 0.05) is 19.6 Å². The van der Waals surface area contributed by atoms with E-state index in [9.17, 15) is 5.11 Å². The van der Waals surface area contributed by atoms with Gasteiger partial charge in [0.2, 0.25) is 0 Å².